The summed E-state index contributed by atoms with van der Waals surface area (Å²) in [5.74, 6) is -0.205. The molecule has 0 saturated carbocycles. The molecule has 3 N–H and O–H groups in total. The van der Waals surface area contributed by atoms with Gasteiger partial charge in [-0.3, -0.25) is 10.1 Å². The van der Waals surface area contributed by atoms with Crippen LogP contribution in [0.3, 0.4) is 0 Å². The predicted octanol–water partition coefficient (Wildman–Crippen LogP) is 5.18. The van der Waals surface area contributed by atoms with Crippen molar-refractivity contribution in [1.82, 2.24) is 10.3 Å². The fourth-order valence-corrected chi connectivity index (χ4v) is 3.72. The third kappa shape index (κ3) is 4.82. The summed E-state index contributed by atoms with van der Waals surface area (Å²) < 4.78 is 0.920. The number of fused-ring (bicyclic) bond motifs is 1. The van der Waals surface area contributed by atoms with Gasteiger partial charge in [-0.2, -0.15) is 0 Å². The van der Waals surface area contributed by atoms with Gasteiger partial charge in [-0.15, -0.1) is 0 Å². The summed E-state index contributed by atoms with van der Waals surface area (Å²) in [4.78, 5) is 29.0. The number of benzene rings is 3. The average molecular weight is 417 g/mol. The lowest BCUT2D eigenvalue weighted by Crippen LogP contribution is -2.28. The quantitative estimate of drug-likeness (QED) is 0.419. The summed E-state index contributed by atoms with van der Waals surface area (Å²) in [6, 6.07) is 22.2. The number of hydrogen-bond donors (Lipinski definition) is 3. The van der Waals surface area contributed by atoms with Crippen LogP contribution < -0.4 is 16.0 Å². The van der Waals surface area contributed by atoms with Crippen LogP contribution in [0.5, 0.6) is 0 Å². The SMILES string of the molecule is Cc1ccc(CNC(=O)Nc2ccc3sc(NC(=O)c4ccccc4)nc3c2)cc1. The number of carbonyl (C=O) groups excluding carboxylic acids is 2. The van der Waals surface area contributed by atoms with Crippen molar-refractivity contribution in [3.63, 3.8) is 0 Å². The molecule has 4 rings (SSSR count). The van der Waals surface area contributed by atoms with Crippen LogP contribution in [0.15, 0.2) is 72.8 Å². The number of amides is 3. The molecule has 1 heterocycles. The van der Waals surface area contributed by atoms with Gasteiger partial charge in [0.2, 0.25) is 0 Å². The fraction of sp³-hybridized carbons (Fsp3) is 0.0870. The van der Waals surface area contributed by atoms with E-state index in [0.717, 1.165) is 10.3 Å². The van der Waals surface area contributed by atoms with E-state index in [2.05, 4.69) is 20.9 Å². The molecule has 0 spiro atoms. The zero-order valence-corrected chi connectivity index (χ0v) is 17.1. The van der Waals surface area contributed by atoms with Gasteiger partial charge < -0.3 is 10.6 Å². The van der Waals surface area contributed by atoms with Crippen molar-refractivity contribution in [1.29, 1.82) is 0 Å². The number of anilines is 2. The van der Waals surface area contributed by atoms with Gasteiger partial charge in [0.1, 0.15) is 0 Å². The lowest BCUT2D eigenvalue weighted by molar-refractivity contribution is 0.102. The van der Waals surface area contributed by atoms with E-state index in [1.54, 1.807) is 18.2 Å². The molecule has 0 aliphatic carbocycles. The molecular weight excluding hydrogens is 396 g/mol. The number of aryl methyl sites for hydroxylation is 1. The predicted molar refractivity (Wildman–Crippen MR) is 121 cm³/mol. The van der Waals surface area contributed by atoms with Crippen LogP contribution in [0.2, 0.25) is 0 Å². The topological polar surface area (TPSA) is 83.1 Å². The van der Waals surface area contributed by atoms with E-state index < -0.39 is 0 Å². The molecule has 0 atom stereocenters. The Labute approximate surface area is 178 Å². The van der Waals surface area contributed by atoms with E-state index in [4.69, 9.17) is 0 Å². The van der Waals surface area contributed by atoms with Crippen molar-refractivity contribution >= 4 is 44.3 Å². The first-order valence-corrected chi connectivity index (χ1v) is 10.3. The van der Waals surface area contributed by atoms with Crippen LogP contribution in [0.25, 0.3) is 10.2 Å². The maximum absolute atomic E-state index is 12.3. The summed E-state index contributed by atoms with van der Waals surface area (Å²) in [5.41, 5.74) is 4.13. The van der Waals surface area contributed by atoms with Crippen molar-refractivity contribution in [2.75, 3.05) is 10.6 Å². The number of rotatable bonds is 5. The number of thiazole rings is 1. The zero-order valence-electron chi connectivity index (χ0n) is 16.3. The monoisotopic (exact) mass is 416 g/mol. The Bertz CT molecular complexity index is 1190. The zero-order chi connectivity index (χ0) is 20.9. The van der Waals surface area contributed by atoms with Crippen LogP contribution in [-0.4, -0.2) is 16.9 Å². The number of nitrogens with one attached hydrogen (secondary N) is 3. The molecule has 3 aromatic carbocycles. The third-order valence-corrected chi connectivity index (χ3v) is 5.43. The molecular formula is C23H20N4O2S. The van der Waals surface area contributed by atoms with Gasteiger partial charge in [-0.1, -0.05) is 59.4 Å². The third-order valence-electron chi connectivity index (χ3n) is 4.48. The number of aromatic nitrogens is 1. The molecule has 0 aliphatic heterocycles. The first-order valence-electron chi connectivity index (χ1n) is 9.44. The molecule has 0 unspecified atom stereocenters. The second kappa shape index (κ2) is 8.75. The summed E-state index contributed by atoms with van der Waals surface area (Å²) in [7, 11) is 0. The smallest absolute Gasteiger partial charge is 0.319 e. The molecule has 0 radical (unpaired) electrons. The lowest BCUT2D eigenvalue weighted by atomic mass is 10.1. The van der Waals surface area contributed by atoms with E-state index in [0.29, 0.717) is 28.4 Å². The number of hydrogen-bond acceptors (Lipinski definition) is 4. The van der Waals surface area contributed by atoms with Gasteiger partial charge in [0, 0.05) is 17.8 Å². The first kappa shape index (κ1) is 19.6. The van der Waals surface area contributed by atoms with Gasteiger partial charge in [0.15, 0.2) is 5.13 Å². The molecule has 1 aromatic heterocycles. The Morgan fingerprint density at radius 2 is 1.70 bits per heavy atom. The van der Waals surface area contributed by atoms with Crippen LogP contribution in [0, 0.1) is 6.92 Å². The van der Waals surface area contributed by atoms with Crippen molar-refractivity contribution in [2.24, 2.45) is 0 Å². The molecule has 0 fully saturated rings. The van der Waals surface area contributed by atoms with Crippen LogP contribution in [-0.2, 0) is 6.54 Å². The van der Waals surface area contributed by atoms with Crippen LogP contribution in [0.1, 0.15) is 21.5 Å². The number of carbonyl (C=O) groups is 2. The number of urea groups is 1. The maximum atomic E-state index is 12.3. The molecule has 30 heavy (non-hydrogen) atoms. The molecule has 6 nitrogen and oxygen atoms in total. The minimum Gasteiger partial charge on any atom is -0.334 e. The Hall–Kier alpha value is -3.71. The van der Waals surface area contributed by atoms with Gasteiger partial charge in [0.05, 0.1) is 10.2 Å². The van der Waals surface area contributed by atoms with E-state index >= 15 is 0 Å². The average Bonchev–Trinajstić information content (AvgIpc) is 3.15. The second-order valence-electron chi connectivity index (χ2n) is 6.81. The van der Waals surface area contributed by atoms with Gasteiger partial charge in [0.25, 0.3) is 5.91 Å². The Morgan fingerprint density at radius 3 is 2.47 bits per heavy atom. The first-order chi connectivity index (χ1) is 14.6. The highest BCUT2D eigenvalue weighted by Gasteiger charge is 2.11. The lowest BCUT2D eigenvalue weighted by Gasteiger charge is -2.08. The summed E-state index contributed by atoms with van der Waals surface area (Å²) >= 11 is 1.39. The number of nitrogens with zero attached hydrogens (tertiary/aromatic N) is 1. The molecule has 0 aliphatic rings. The maximum Gasteiger partial charge on any atom is 0.319 e. The van der Waals surface area contributed by atoms with Gasteiger partial charge in [-0.05, 0) is 42.8 Å². The molecule has 150 valence electrons. The normalized spacial score (nSPS) is 10.6. The van der Waals surface area contributed by atoms with Gasteiger partial charge >= 0.3 is 6.03 Å². The molecule has 0 saturated heterocycles. The van der Waals surface area contributed by atoms with E-state index in [1.165, 1.54) is 16.9 Å². The van der Waals surface area contributed by atoms with Crippen molar-refractivity contribution in [2.45, 2.75) is 13.5 Å². The molecule has 3 amide bonds. The Kier molecular flexibility index (Phi) is 5.72. The highest BCUT2D eigenvalue weighted by atomic mass is 32.1. The molecule has 7 heteroatoms. The van der Waals surface area contributed by atoms with Crippen LogP contribution in [0.4, 0.5) is 15.6 Å². The second-order valence-corrected chi connectivity index (χ2v) is 7.85. The van der Waals surface area contributed by atoms with E-state index in [-0.39, 0.29) is 11.9 Å². The van der Waals surface area contributed by atoms with E-state index in [1.807, 2.05) is 61.5 Å². The minimum atomic E-state index is -0.289. The van der Waals surface area contributed by atoms with E-state index in [9.17, 15) is 9.59 Å². The minimum absolute atomic E-state index is 0.205. The standard InChI is InChI=1S/C23H20N4O2S/c1-15-7-9-16(10-8-15)14-24-22(29)25-18-11-12-20-19(13-18)26-23(30-20)27-21(28)17-5-3-2-4-6-17/h2-13H,14H2,1H3,(H2,24,25,29)(H,26,27,28). The van der Waals surface area contributed by atoms with Crippen molar-refractivity contribution < 1.29 is 9.59 Å². The summed E-state index contributed by atoms with van der Waals surface area (Å²) in [6.07, 6.45) is 0. The highest BCUT2D eigenvalue weighted by molar-refractivity contribution is 7.22. The Morgan fingerprint density at radius 1 is 0.933 bits per heavy atom. The largest absolute Gasteiger partial charge is 0.334 e. The molecule has 4 aromatic rings. The molecule has 0 bridgehead atoms. The van der Waals surface area contributed by atoms with Crippen molar-refractivity contribution in [3.05, 3.63) is 89.5 Å². The summed E-state index contributed by atoms with van der Waals surface area (Å²) in [5, 5.41) is 8.99. The fourth-order valence-electron chi connectivity index (χ4n) is 2.88. The highest BCUT2D eigenvalue weighted by Crippen LogP contribution is 2.28. The van der Waals surface area contributed by atoms with Crippen molar-refractivity contribution in [3.8, 4) is 0 Å². The van der Waals surface area contributed by atoms with Crippen LogP contribution >= 0.6 is 11.3 Å². The van der Waals surface area contributed by atoms with Gasteiger partial charge in [-0.25, -0.2) is 9.78 Å². The Balaban J connectivity index is 1.38. The summed E-state index contributed by atoms with van der Waals surface area (Å²) in [6.45, 7) is 2.47.